The Morgan fingerprint density at radius 3 is 2.89 bits per heavy atom. The Bertz CT molecular complexity index is 1150. The van der Waals surface area contributed by atoms with E-state index in [2.05, 4.69) is 38.3 Å². The minimum Gasteiger partial charge on any atom is -0.324 e. The van der Waals surface area contributed by atoms with Crippen molar-refractivity contribution < 1.29 is 0 Å². The highest BCUT2D eigenvalue weighted by Gasteiger charge is 2.17. The van der Waals surface area contributed by atoms with E-state index in [1.165, 1.54) is 0 Å². The molecule has 4 heterocycles. The fourth-order valence-electron chi connectivity index (χ4n) is 3.23. The van der Waals surface area contributed by atoms with Gasteiger partial charge in [-0.25, -0.2) is 9.67 Å². The van der Waals surface area contributed by atoms with E-state index in [9.17, 15) is 5.26 Å². The Balaban J connectivity index is 1.79. The van der Waals surface area contributed by atoms with Crippen molar-refractivity contribution in [3.8, 4) is 17.6 Å². The van der Waals surface area contributed by atoms with Crippen molar-refractivity contribution in [2.75, 3.05) is 0 Å². The number of hydrogen-bond donors (Lipinski definition) is 0. The molecule has 0 saturated heterocycles. The first-order valence-corrected chi connectivity index (χ1v) is 8.75. The third kappa shape index (κ3) is 2.93. The SMILES string of the molecule is CCCc1c(Cn2ccnc2-c2ncccc2C#N)nnc2c1cnn2C. The van der Waals surface area contributed by atoms with Crippen LogP contribution in [-0.2, 0) is 20.0 Å². The number of nitriles is 1. The van der Waals surface area contributed by atoms with Gasteiger partial charge in [0, 0.05) is 31.0 Å². The zero-order valence-corrected chi connectivity index (χ0v) is 15.2. The van der Waals surface area contributed by atoms with Crippen LogP contribution in [0.2, 0.25) is 0 Å². The van der Waals surface area contributed by atoms with Crippen LogP contribution in [0.4, 0.5) is 0 Å². The molecule has 8 nitrogen and oxygen atoms in total. The lowest BCUT2D eigenvalue weighted by molar-refractivity contribution is 0.731. The monoisotopic (exact) mass is 358 g/mol. The Hall–Kier alpha value is -3.60. The number of imidazole rings is 1. The van der Waals surface area contributed by atoms with Crippen LogP contribution in [0.25, 0.3) is 22.6 Å². The van der Waals surface area contributed by atoms with Gasteiger partial charge in [0.05, 0.1) is 24.0 Å². The van der Waals surface area contributed by atoms with E-state index in [0.29, 0.717) is 23.6 Å². The Kier molecular flexibility index (Phi) is 4.34. The molecule has 4 aromatic heterocycles. The highest BCUT2D eigenvalue weighted by molar-refractivity contribution is 5.78. The maximum Gasteiger partial charge on any atom is 0.180 e. The Morgan fingerprint density at radius 1 is 1.19 bits per heavy atom. The summed E-state index contributed by atoms with van der Waals surface area (Å²) in [5.41, 5.74) is 3.87. The molecule has 0 fully saturated rings. The summed E-state index contributed by atoms with van der Waals surface area (Å²) in [6.45, 7) is 2.64. The standard InChI is InChI=1S/C19H18N8/c1-3-5-14-15-11-23-26(2)18(15)25-24-16(14)12-27-9-8-22-19(27)17-13(10-20)6-4-7-21-17/h4,6-9,11H,3,5,12H2,1-2H3. The molecule has 0 unspecified atom stereocenters. The number of pyridine rings is 1. The van der Waals surface area contributed by atoms with E-state index in [0.717, 1.165) is 35.1 Å². The van der Waals surface area contributed by atoms with Crippen molar-refractivity contribution in [3.63, 3.8) is 0 Å². The summed E-state index contributed by atoms with van der Waals surface area (Å²) in [6, 6.07) is 5.67. The van der Waals surface area contributed by atoms with Gasteiger partial charge in [-0.05, 0) is 24.1 Å². The number of aryl methyl sites for hydroxylation is 2. The average Bonchev–Trinajstić information content (AvgIpc) is 3.30. The lowest BCUT2D eigenvalue weighted by Gasteiger charge is -2.12. The normalized spacial score (nSPS) is 11.0. The van der Waals surface area contributed by atoms with Crippen molar-refractivity contribution >= 4 is 11.0 Å². The van der Waals surface area contributed by atoms with E-state index >= 15 is 0 Å². The molecule has 0 spiro atoms. The molecule has 134 valence electrons. The second kappa shape index (κ2) is 6.96. The summed E-state index contributed by atoms with van der Waals surface area (Å²) >= 11 is 0. The van der Waals surface area contributed by atoms with Gasteiger partial charge in [0.1, 0.15) is 11.8 Å². The molecule has 0 amide bonds. The second-order valence-corrected chi connectivity index (χ2v) is 6.27. The van der Waals surface area contributed by atoms with Gasteiger partial charge in [-0.2, -0.15) is 15.5 Å². The molecular formula is C19H18N8. The predicted octanol–water partition coefficient (Wildman–Crippen LogP) is 2.49. The van der Waals surface area contributed by atoms with Crippen LogP contribution < -0.4 is 0 Å². The van der Waals surface area contributed by atoms with Crippen LogP contribution in [0, 0.1) is 11.3 Å². The summed E-state index contributed by atoms with van der Waals surface area (Å²) < 4.78 is 3.69. The van der Waals surface area contributed by atoms with Gasteiger partial charge in [-0.15, -0.1) is 5.10 Å². The molecule has 0 saturated carbocycles. The molecule has 4 aromatic rings. The highest BCUT2D eigenvalue weighted by atomic mass is 15.3. The quantitative estimate of drug-likeness (QED) is 0.543. The van der Waals surface area contributed by atoms with Gasteiger partial charge in [-0.1, -0.05) is 13.3 Å². The maximum atomic E-state index is 9.37. The third-order valence-corrected chi connectivity index (χ3v) is 4.52. The van der Waals surface area contributed by atoms with Crippen LogP contribution >= 0.6 is 0 Å². The van der Waals surface area contributed by atoms with Crippen molar-refractivity contribution in [3.05, 3.63) is 53.7 Å². The maximum absolute atomic E-state index is 9.37. The molecule has 0 radical (unpaired) electrons. The molecule has 0 aliphatic rings. The van der Waals surface area contributed by atoms with Crippen molar-refractivity contribution in [1.82, 2.24) is 34.5 Å². The molecule has 4 rings (SSSR count). The molecule has 0 atom stereocenters. The molecule has 0 N–H and O–H groups in total. The molecule has 8 heteroatoms. The summed E-state index contributed by atoms with van der Waals surface area (Å²) in [6.07, 6.45) is 8.98. The topological polar surface area (TPSA) is 98.1 Å². The van der Waals surface area contributed by atoms with Crippen LogP contribution in [0.15, 0.2) is 36.9 Å². The van der Waals surface area contributed by atoms with E-state index in [-0.39, 0.29) is 0 Å². The average molecular weight is 358 g/mol. The van der Waals surface area contributed by atoms with E-state index in [1.807, 2.05) is 24.0 Å². The van der Waals surface area contributed by atoms with Gasteiger partial charge in [-0.3, -0.25) is 4.98 Å². The van der Waals surface area contributed by atoms with Crippen molar-refractivity contribution in [2.24, 2.45) is 7.05 Å². The third-order valence-electron chi connectivity index (χ3n) is 4.52. The van der Waals surface area contributed by atoms with Crippen molar-refractivity contribution in [2.45, 2.75) is 26.3 Å². The van der Waals surface area contributed by atoms with Crippen LogP contribution in [0.5, 0.6) is 0 Å². The van der Waals surface area contributed by atoms with E-state index in [1.54, 1.807) is 29.2 Å². The van der Waals surface area contributed by atoms with Crippen molar-refractivity contribution in [1.29, 1.82) is 5.26 Å². The minimum atomic E-state index is 0.493. The van der Waals surface area contributed by atoms with Gasteiger partial charge in [0.15, 0.2) is 11.5 Å². The van der Waals surface area contributed by atoms with E-state index in [4.69, 9.17) is 0 Å². The highest BCUT2D eigenvalue weighted by Crippen LogP contribution is 2.23. The number of hydrogen-bond acceptors (Lipinski definition) is 6. The summed E-state index contributed by atoms with van der Waals surface area (Å²) in [5, 5.41) is 23.5. The predicted molar refractivity (Wildman–Crippen MR) is 99.6 cm³/mol. The van der Waals surface area contributed by atoms with Gasteiger partial charge >= 0.3 is 0 Å². The van der Waals surface area contributed by atoms with Crippen LogP contribution in [0.3, 0.4) is 0 Å². The second-order valence-electron chi connectivity index (χ2n) is 6.27. The fraction of sp³-hybridized carbons (Fsp3) is 0.263. The molecule has 0 aliphatic carbocycles. The summed E-state index contributed by atoms with van der Waals surface area (Å²) in [7, 11) is 1.87. The summed E-state index contributed by atoms with van der Waals surface area (Å²) in [4.78, 5) is 8.77. The number of fused-ring (bicyclic) bond motifs is 1. The van der Waals surface area contributed by atoms with Gasteiger partial charge in [0.25, 0.3) is 0 Å². The minimum absolute atomic E-state index is 0.493. The largest absolute Gasteiger partial charge is 0.324 e. The first-order chi connectivity index (χ1) is 13.2. The smallest absolute Gasteiger partial charge is 0.180 e. The van der Waals surface area contributed by atoms with Gasteiger partial charge < -0.3 is 4.57 Å². The Labute approximate surface area is 156 Å². The molecule has 0 bridgehead atoms. The van der Waals surface area contributed by atoms with Gasteiger partial charge in [0.2, 0.25) is 0 Å². The molecule has 27 heavy (non-hydrogen) atoms. The van der Waals surface area contributed by atoms with E-state index < -0.39 is 0 Å². The first-order valence-electron chi connectivity index (χ1n) is 8.75. The molecule has 0 aromatic carbocycles. The lowest BCUT2D eigenvalue weighted by Crippen LogP contribution is -2.09. The van der Waals surface area contributed by atoms with Crippen LogP contribution in [-0.4, -0.2) is 34.5 Å². The summed E-state index contributed by atoms with van der Waals surface area (Å²) in [5.74, 6) is 0.641. The Morgan fingerprint density at radius 2 is 2.07 bits per heavy atom. The first kappa shape index (κ1) is 16.8. The lowest BCUT2D eigenvalue weighted by atomic mass is 10.1. The van der Waals surface area contributed by atoms with Crippen LogP contribution in [0.1, 0.15) is 30.2 Å². The number of rotatable bonds is 5. The molecular weight excluding hydrogens is 340 g/mol. The molecule has 0 aliphatic heterocycles. The zero-order chi connectivity index (χ0) is 18.8. The number of aromatic nitrogens is 7. The number of nitrogens with zero attached hydrogens (tertiary/aromatic N) is 8. The fourth-order valence-corrected chi connectivity index (χ4v) is 3.23. The zero-order valence-electron chi connectivity index (χ0n) is 15.2.